The van der Waals surface area contributed by atoms with Crippen LogP contribution in [0.3, 0.4) is 0 Å². The molecule has 0 radical (unpaired) electrons. The fourth-order valence-electron chi connectivity index (χ4n) is 3.46. The Morgan fingerprint density at radius 3 is 2.70 bits per heavy atom. The molecule has 0 aliphatic heterocycles. The van der Waals surface area contributed by atoms with E-state index in [4.69, 9.17) is 14.7 Å². The van der Waals surface area contributed by atoms with Gasteiger partial charge < -0.3 is 10.1 Å². The minimum Gasteiger partial charge on any atom is -0.497 e. The molecule has 0 bridgehead atoms. The molecular formula is C24H23N3OS2. The highest BCUT2D eigenvalue weighted by atomic mass is 32.1. The van der Waals surface area contributed by atoms with Gasteiger partial charge in [0.15, 0.2) is 5.13 Å². The number of methoxy groups -OCH3 is 1. The number of benzene rings is 2. The molecule has 1 fully saturated rings. The molecule has 1 saturated carbocycles. The molecular weight excluding hydrogens is 410 g/mol. The highest BCUT2D eigenvalue weighted by Crippen LogP contribution is 2.42. The summed E-state index contributed by atoms with van der Waals surface area (Å²) in [5, 5.41) is 10.1. The van der Waals surface area contributed by atoms with Crippen LogP contribution in [0.15, 0.2) is 65.4 Å². The summed E-state index contributed by atoms with van der Waals surface area (Å²) in [6, 6.07) is 18.7. The third-order valence-electron chi connectivity index (χ3n) is 5.27. The van der Waals surface area contributed by atoms with Crippen molar-refractivity contribution in [3.05, 3.63) is 81.6 Å². The zero-order valence-electron chi connectivity index (χ0n) is 16.7. The van der Waals surface area contributed by atoms with Crippen molar-refractivity contribution in [3.63, 3.8) is 0 Å². The van der Waals surface area contributed by atoms with E-state index in [1.165, 1.54) is 23.4 Å². The van der Waals surface area contributed by atoms with Crippen molar-refractivity contribution in [1.82, 2.24) is 9.97 Å². The molecule has 5 rings (SSSR count). The second kappa shape index (κ2) is 8.58. The van der Waals surface area contributed by atoms with Gasteiger partial charge in [0, 0.05) is 22.2 Å². The summed E-state index contributed by atoms with van der Waals surface area (Å²) < 4.78 is 5.35. The number of hydrogen-bond donors (Lipinski definition) is 1. The van der Waals surface area contributed by atoms with E-state index < -0.39 is 0 Å². The van der Waals surface area contributed by atoms with Crippen LogP contribution in [0.25, 0.3) is 11.3 Å². The average molecular weight is 434 g/mol. The summed E-state index contributed by atoms with van der Waals surface area (Å²) in [5.74, 6) is 1.52. The number of ether oxygens (including phenoxy) is 1. The first-order valence-electron chi connectivity index (χ1n) is 10.1. The molecule has 4 aromatic rings. The predicted octanol–water partition coefficient (Wildman–Crippen LogP) is 6.55. The van der Waals surface area contributed by atoms with Crippen LogP contribution in [-0.2, 0) is 6.42 Å². The summed E-state index contributed by atoms with van der Waals surface area (Å²) in [6.07, 6.45) is 3.43. The largest absolute Gasteiger partial charge is 0.497 e. The predicted molar refractivity (Wildman–Crippen MR) is 125 cm³/mol. The van der Waals surface area contributed by atoms with Gasteiger partial charge in [0.1, 0.15) is 5.75 Å². The molecule has 1 atom stereocenters. The number of aromatic nitrogens is 2. The lowest BCUT2D eigenvalue weighted by Crippen LogP contribution is -2.14. The van der Waals surface area contributed by atoms with Gasteiger partial charge in [-0.2, -0.15) is 0 Å². The van der Waals surface area contributed by atoms with Gasteiger partial charge in [0.25, 0.3) is 0 Å². The molecule has 2 aromatic heterocycles. The van der Waals surface area contributed by atoms with Crippen molar-refractivity contribution in [2.45, 2.75) is 31.2 Å². The molecule has 2 heterocycles. The van der Waals surface area contributed by atoms with Crippen molar-refractivity contribution >= 4 is 27.8 Å². The quantitative estimate of drug-likeness (QED) is 0.342. The Labute approximate surface area is 184 Å². The van der Waals surface area contributed by atoms with E-state index in [1.807, 2.05) is 18.2 Å². The second-order valence-corrected chi connectivity index (χ2v) is 9.29. The first kappa shape index (κ1) is 19.3. The van der Waals surface area contributed by atoms with Crippen LogP contribution in [-0.4, -0.2) is 17.1 Å². The lowest BCUT2D eigenvalue weighted by molar-refractivity contribution is 0.415. The fourth-order valence-corrected chi connectivity index (χ4v) is 5.28. The lowest BCUT2D eigenvalue weighted by Gasteiger charge is -2.16. The number of thiazole rings is 2. The van der Waals surface area contributed by atoms with E-state index >= 15 is 0 Å². The number of rotatable bonds is 8. The number of nitrogens with zero attached hydrogens (tertiary/aromatic N) is 2. The van der Waals surface area contributed by atoms with Crippen molar-refractivity contribution in [2.75, 3.05) is 12.4 Å². The topological polar surface area (TPSA) is 47.0 Å². The molecule has 2 aromatic carbocycles. The molecule has 0 amide bonds. The molecule has 1 aliphatic carbocycles. The number of nitrogens with one attached hydrogen (secondary N) is 1. The van der Waals surface area contributed by atoms with Crippen LogP contribution < -0.4 is 10.1 Å². The van der Waals surface area contributed by atoms with Crippen LogP contribution in [0.5, 0.6) is 5.75 Å². The van der Waals surface area contributed by atoms with E-state index in [0.29, 0.717) is 5.92 Å². The van der Waals surface area contributed by atoms with Gasteiger partial charge >= 0.3 is 0 Å². The van der Waals surface area contributed by atoms with E-state index in [1.54, 1.807) is 29.8 Å². The van der Waals surface area contributed by atoms with Crippen molar-refractivity contribution < 1.29 is 4.74 Å². The SMILES string of the molecule is COc1cccc(-c2csc(N[C@@H](Cc3ccccc3)c3csc(C4CC4)n3)n2)c1. The Hall–Kier alpha value is -2.70. The zero-order chi connectivity index (χ0) is 20.3. The third-order valence-corrected chi connectivity index (χ3v) is 7.07. The normalized spacial score (nSPS) is 14.4. The van der Waals surface area contributed by atoms with Gasteiger partial charge in [-0.3, -0.25) is 0 Å². The Morgan fingerprint density at radius 1 is 1.03 bits per heavy atom. The number of anilines is 1. The van der Waals surface area contributed by atoms with E-state index in [2.05, 4.69) is 52.5 Å². The second-order valence-electron chi connectivity index (χ2n) is 7.54. The van der Waals surface area contributed by atoms with Crippen molar-refractivity contribution in [3.8, 4) is 17.0 Å². The van der Waals surface area contributed by atoms with E-state index in [0.717, 1.165) is 34.3 Å². The van der Waals surface area contributed by atoms with Crippen LogP contribution in [0, 0.1) is 0 Å². The molecule has 30 heavy (non-hydrogen) atoms. The zero-order valence-corrected chi connectivity index (χ0v) is 18.4. The number of hydrogen-bond acceptors (Lipinski definition) is 6. The Balaban J connectivity index is 1.39. The van der Waals surface area contributed by atoms with Gasteiger partial charge in [-0.1, -0.05) is 42.5 Å². The molecule has 4 nitrogen and oxygen atoms in total. The van der Waals surface area contributed by atoms with Crippen LogP contribution in [0.2, 0.25) is 0 Å². The Kier molecular flexibility index (Phi) is 5.51. The minimum atomic E-state index is 0.0976. The van der Waals surface area contributed by atoms with E-state index in [-0.39, 0.29) is 6.04 Å². The molecule has 0 spiro atoms. The third kappa shape index (κ3) is 4.40. The summed E-state index contributed by atoms with van der Waals surface area (Å²) in [7, 11) is 1.69. The summed E-state index contributed by atoms with van der Waals surface area (Å²) >= 11 is 3.42. The van der Waals surface area contributed by atoms with Crippen LogP contribution in [0.1, 0.15) is 41.1 Å². The molecule has 1 N–H and O–H groups in total. The monoisotopic (exact) mass is 433 g/mol. The fraction of sp³-hybridized carbons (Fsp3) is 0.250. The Bertz CT molecular complexity index is 1120. The van der Waals surface area contributed by atoms with Crippen molar-refractivity contribution in [2.24, 2.45) is 0 Å². The summed E-state index contributed by atoms with van der Waals surface area (Å²) in [6.45, 7) is 0. The van der Waals surface area contributed by atoms with Gasteiger partial charge in [-0.05, 0) is 37.0 Å². The van der Waals surface area contributed by atoms with E-state index in [9.17, 15) is 0 Å². The average Bonchev–Trinajstić information content (AvgIpc) is 3.33. The Morgan fingerprint density at radius 2 is 1.90 bits per heavy atom. The van der Waals surface area contributed by atoms with Crippen LogP contribution in [0.4, 0.5) is 5.13 Å². The van der Waals surface area contributed by atoms with Gasteiger partial charge in [-0.25, -0.2) is 9.97 Å². The lowest BCUT2D eigenvalue weighted by atomic mass is 10.0. The summed E-state index contributed by atoms with van der Waals surface area (Å²) in [5.41, 5.74) is 4.42. The highest BCUT2D eigenvalue weighted by molar-refractivity contribution is 7.14. The van der Waals surface area contributed by atoms with Gasteiger partial charge in [0.05, 0.1) is 29.5 Å². The molecule has 0 unspecified atom stereocenters. The first-order chi connectivity index (χ1) is 14.8. The van der Waals surface area contributed by atoms with Gasteiger partial charge in [0.2, 0.25) is 0 Å². The summed E-state index contributed by atoms with van der Waals surface area (Å²) in [4.78, 5) is 9.81. The molecule has 1 aliphatic rings. The van der Waals surface area contributed by atoms with Gasteiger partial charge in [-0.15, -0.1) is 22.7 Å². The standard InChI is InChI=1S/C24H23N3OS2/c1-28-19-9-5-8-18(13-19)21-14-30-24(27-21)26-20(12-16-6-3-2-4-7-16)22-15-29-23(25-22)17-10-11-17/h2-9,13-15,17,20H,10-12H2,1H3,(H,26,27)/t20-/m0/s1. The maximum atomic E-state index is 5.35. The van der Waals surface area contributed by atoms with Crippen molar-refractivity contribution in [1.29, 1.82) is 0 Å². The van der Waals surface area contributed by atoms with Crippen LogP contribution >= 0.6 is 22.7 Å². The minimum absolute atomic E-state index is 0.0976. The smallest absolute Gasteiger partial charge is 0.183 e. The maximum absolute atomic E-state index is 5.35. The maximum Gasteiger partial charge on any atom is 0.183 e. The molecule has 6 heteroatoms. The molecule has 152 valence electrons. The first-order valence-corrected chi connectivity index (χ1v) is 11.9. The molecule has 0 saturated heterocycles. The highest BCUT2D eigenvalue weighted by Gasteiger charge is 2.28.